The number of hydrogen-bond acceptors (Lipinski definition) is 1. The number of aromatic nitrogens is 1. The molecule has 0 unspecified atom stereocenters. The lowest BCUT2D eigenvalue weighted by molar-refractivity contribution is 0.277. The Labute approximate surface area is 93.7 Å². The molecule has 2 nitrogen and oxygen atoms in total. The summed E-state index contributed by atoms with van der Waals surface area (Å²) in [4.78, 5) is 0. The molecule has 0 radical (unpaired) electrons. The topological polar surface area (TPSA) is 25.2 Å². The maximum absolute atomic E-state index is 8.91. The van der Waals surface area contributed by atoms with Crippen LogP contribution < -0.4 is 0 Å². The van der Waals surface area contributed by atoms with Gasteiger partial charge in [-0.05, 0) is 29.8 Å². The van der Waals surface area contributed by atoms with Gasteiger partial charge in [-0.15, -0.1) is 0 Å². The van der Waals surface area contributed by atoms with Crippen molar-refractivity contribution >= 4 is 11.6 Å². The van der Waals surface area contributed by atoms with Crippen LogP contribution in [0.4, 0.5) is 0 Å². The molecule has 0 aliphatic rings. The highest BCUT2D eigenvalue weighted by Gasteiger charge is 2.02. The van der Waals surface area contributed by atoms with Gasteiger partial charge in [-0.25, -0.2) is 0 Å². The number of rotatable bonds is 3. The zero-order valence-corrected chi connectivity index (χ0v) is 8.98. The van der Waals surface area contributed by atoms with Crippen LogP contribution >= 0.6 is 11.6 Å². The third kappa shape index (κ3) is 2.22. The van der Waals surface area contributed by atoms with E-state index in [-0.39, 0.29) is 6.61 Å². The van der Waals surface area contributed by atoms with Gasteiger partial charge in [-0.3, -0.25) is 0 Å². The Bertz CT molecular complexity index is 433. The largest absolute Gasteiger partial charge is 0.395 e. The third-order valence-corrected chi connectivity index (χ3v) is 2.56. The molecule has 3 heteroatoms. The summed E-state index contributed by atoms with van der Waals surface area (Å²) in [5.41, 5.74) is 2.21. The Morgan fingerprint density at radius 3 is 2.53 bits per heavy atom. The SMILES string of the molecule is OCCn1cccc1-c1ccc(Cl)cc1. The molecule has 0 amide bonds. The van der Waals surface area contributed by atoms with E-state index in [1.165, 1.54) is 0 Å². The van der Waals surface area contributed by atoms with E-state index >= 15 is 0 Å². The zero-order chi connectivity index (χ0) is 10.7. The number of hydrogen-bond donors (Lipinski definition) is 1. The molecule has 2 rings (SSSR count). The van der Waals surface area contributed by atoms with Crippen LogP contribution in [0, 0.1) is 0 Å². The fourth-order valence-electron chi connectivity index (χ4n) is 1.60. The first-order chi connectivity index (χ1) is 7.31. The lowest BCUT2D eigenvalue weighted by Crippen LogP contribution is -2.01. The maximum atomic E-state index is 8.91. The van der Waals surface area contributed by atoms with Crippen LogP contribution in [0.2, 0.25) is 5.02 Å². The van der Waals surface area contributed by atoms with Gasteiger partial charge in [0.1, 0.15) is 0 Å². The summed E-state index contributed by atoms with van der Waals surface area (Å²) in [5.74, 6) is 0. The van der Waals surface area contributed by atoms with Gasteiger partial charge >= 0.3 is 0 Å². The van der Waals surface area contributed by atoms with Crippen molar-refractivity contribution < 1.29 is 5.11 Å². The molecule has 1 aromatic heterocycles. The van der Waals surface area contributed by atoms with E-state index in [1.54, 1.807) is 0 Å². The van der Waals surface area contributed by atoms with Gasteiger partial charge in [-0.2, -0.15) is 0 Å². The van der Waals surface area contributed by atoms with Gasteiger partial charge in [0.2, 0.25) is 0 Å². The highest BCUT2D eigenvalue weighted by atomic mass is 35.5. The summed E-state index contributed by atoms with van der Waals surface area (Å²) in [6.45, 7) is 0.764. The summed E-state index contributed by atoms with van der Waals surface area (Å²) >= 11 is 5.83. The molecule has 0 saturated heterocycles. The lowest BCUT2D eigenvalue weighted by Gasteiger charge is -2.07. The Morgan fingerprint density at radius 1 is 1.13 bits per heavy atom. The number of nitrogens with zero attached hydrogens (tertiary/aromatic N) is 1. The van der Waals surface area contributed by atoms with Crippen molar-refractivity contribution in [2.75, 3.05) is 6.61 Å². The molecular weight excluding hydrogens is 210 g/mol. The van der Waals surface area contributed by atoms with Crippen molar-refractivity contribution in [3.63, 3.8) is 0 Å². The van der Waals surface area contributed by atoms with E-state index in [9.17, 15) is 0 Å². The average molecular weight is 222 g/mol. The summed E-state index contributed by atoms with van der Waals surface area (Å²) in [5, 5.41) is 9.65. The molecule has 0 aliphatic carbocycles. The first kappa shape index (κ1) is 10.3. The smallest absolute Gasteiger partial charge is 0.0610 e. The number of halogens is 1. The molecule has 0 aliphatic heterocycles. The van der Waals surface area contributed by atoms with Gasteiger partial charge in [0.15, 0.2) is 0 Å². The zero-order valence-electron chi connectivity index (χ0n) is 8.23. The highest BCUT2D eigenvalue weighted by Crippen LogP contribution is 2.21. The van der Waals surface area contributed by atoms with Gasteiger partial charge in [-0.1, -0.05) is 23.7 Å². The summed E-state index contributed by atoms with van der Waals surface area (Å²) in [7, 11) is 0. The summed E-state index contributed by atoms with van der Waals surface area (Å²) in [6, 6.07) is 11.7. The van der Waals surface area contributed by atoms with Crippen molar-refractivity contribution in [1.82, 2.24) is 4.57 Å². The van der Waals surface area contributed by atoms with E-state index in [4.69, 9.17) is 16.7 Å². The Balaban J connectivity index is 2.36. The minimum absolute atomic E-state index is 0.148. The van der Waals surface area contributed by atoms with E-state index in [0.29, 0.717) is 6.54 Å². The minimum Gasteiger partial charge on any atom is -0.395 e. The van der Waals surface area contributed by atoms with Crippen LogP contribution in [0.5, 0.6) is 0 Å². The van der Waals surface area contributed by atoms with Crippen molar-refractivity contribution in [3.8, 4) is 11.3 Å². The average Bonchev–Trinajstić information content (AvgIpc) is 2.68. The van der Waals surface area contributed by atoms with E-state index in [2.05, 4.69) is 0 Å². The van der Waals surface area contributed by atoms with Crippen molar-refractivity contribution in [2.24, 2.45) is 0 Å². The second kappa shape index (κ2) is 4.51. The van der Waals surface area contributed by atoms with E-state index in [0.717, 1.165) is 16.3 Å². The number of benzene rings is 1. The Kier molecular flexibility index (Phi) is 3.09. The fraction of sp³-hybridized carbons (Fsp3) is 0.167. The van der Waals surface area contributed by atoms with Crippen molar-refractivity contribution in [2.45, 2.75) is 6.54 Å². The van der Waals surface area contributed by atoms with Crippen molar-refractivity contribution in [3.05, 3.63) is 47.6 Å². The number of aliphatic hydroxyl groups excluding tert-OH is 1. The predicted octanol–water partition coefficient (Wildman–Crippen LogP) is 2.80. The van der Waals surface area contributed by atoms with Crippen LogP contribution in [0.25, 0.3) is 11.3 Å². The van der Waals surface area contributed by atoms with Gasteiger partial charge in [0.05, 0.1) is 6.61 Å². The molecule has 1 N–H and O–H groups in total. The Hall–Kier alpha value is -1.25. The van der Waals surface area contributed by atoms with Gasteiger partial charge in [0.25, 0.3) is 0 Å². The lowest BCUT2D eigenvalue weighted by atomic mass is 10.1. The van der Waals surface area contributed by atoms with Gasteiger partial charge < -0.3 is 9.67 Å². The second-order valence-electron chi connectivity index (χ2n) is 3.32. The number of aliphatic hydroxyl groups is 1. The highest BCUT2D eigenvalue weighted by molar-refractivity contribution is 6.30. The molecule has 2 aromatic rings. The molecule has 15 heavy (non-hydrogen) atoms. The van der Waals surface area contributed by atoms with E-state index < -0.39 is 0 Å². The Morgan fingerprint density at radius 2 is 1.87 bits per heavy atom. The van der Waals surface area contributed by atoms with Crippen LogP contribution in [0.3, 0.4) is 0 Å². The molecule has 1 heterocycles. The van der Waals surface area contributed by atoms with Crippen LogP contribution in [-0.4, -0.2) is 16.3 Å². The standard InChI is InChI=1S/C12H12ClNO/c13-11-5-3-10(4-6-11)12-2-1-7-14(12)8-9-15/h1-7,15H,8-9H2. The maximum Gasteiger partial charge on any atom is 0.0610 e. The molecule has 0 atom stereocenters. The first-order valence-electron chi connectivity index (χ1n) is 4.83. The van der Waals surface area contributed by atoms with E-state index in [1.807, 2.05) is 47.2 Å². The minimum atomic E-state index is 0.148. The summed E-state index contributed by atoms with van der Waals surface area (Å²) < 4.78 is 2.02. The molecular formula is C12H12ClNO. The quantitative estimate of drug-likeness (QED) is 0.847. The monoisotopic (exact) mass is 221 g/mol. The first-order valence-corrected chi connectivity index (χ1v) is 5.21. The van der Waals surface area contributed by atoms with Gasteiger partial charge in [0, 0.05) is 23.5 Å². The second-order valence-corrected chi connectivity index (χ2v) is 3.75. The van der Waals surface area contributed by atoms with Crippen molar-refractivity contribution in [1.29, 1.82) is 0 Å². The molecule has 0 spiro atoms. The van der Waals surface area contributed by atoms with Crippen LogP contribution in [0.15, 0.2) is 42.6 Å². The van der Waals surface area contributed by atoms with Crippen LogP contribution in [0.1, 0.15) is 0 Å². The molecule has 0 saturated carbocycles. The molecule has 0 fully saturated rings. The predicted molar refractivity (Wildman–Crippen MR) is 62.0 cm³/mol. The summed E-state index contributed by atoms with van der Waals surface area (Å²) in [6.07, 6.45) is 1.96. The normalized spacial score (nSPS) is 10.5. The fourth-order valence-corrected chi connectivity index (χ4v) is 1.73. The molecule has 78 valence electrons. The third-order valence-electron chi connectivity index (χ3n) is 2.31. The molecule has 0 bridgehead atoms. The van der Waals surface area contributed by atoms with Crippen LogP contribution in [-0.2, 0) is 6.54 Å². The molecule has 1 aromatic carbocycles.